The van der Waals surface area contributed by atoms with Gasteiger partial charge in [0.2, 0.25) is 0 Å². The van der Waals surface area contributed by atoms with Crippen LogP contribution >= 0.6 is 11.8 Å². The van der Waals surface area contributed by atoms with Crippen molar-refractivity contribution in [1.82, 2.24) is 10.4 Å². The van der Waals surface area contributed by atoms with Crippen molar-refractivity contribution < 1.29 is 0 Å². The monoisotopic (exact) mass is 170 g/mol. The van der Waals surface area contributed by atoms with Crippen LogP contribution in [0, 0.1) is 0 Å². The summed E-state index contributed by atoms with van der Waals surface area (Å²) in [6, 6.07) is 10.3. The normalized spacial score (nSPS) is 12.9. The Bertz CT molecular complexity index is 201. The number of hydrogen-bond acceptors (Lipinski definition) is 2. The van der Waals surface area contributed by atoms with E-state index in [-0.39, 0.29) is 6.04 Å². The smallest absolute Gasteiger partial charge is 0.0446 e. The largest absolute Gasteiger partial charge is 0.236 e. The van der Waals surface area contributed by atoms with Crippen LogP contribution in [0.3, 0.4) is 0 Å². The molecule has 2 nitrogen and oxygen atoms in total. The lowest BCUT2D eigenvalue weighted by Crippen LogP contribution is -2.26. The molecule has 1 rings (SSSR count). The van der Waals surface area contributed by atoms with E-state index in [2.05, 4.69) is 10.4 Å². The van der Waals surface area contributed by atoms with E-state index in [0.29, 0.717) is 0 Å². The quantitative estimate of drug-likeness (QED) is 0.536. The maximum Gasteiger partial charge on any atom is 0.0446 e. The Morgan fingerprint density at radius 3 is 2.45 bits per heavy atom. The molecule has 2 N–H and O–H groups in total. The van der Waals surface area contributed by atoms with Gasteiger partial charge >= 0.3 is 0 Å². The van der Waals surface area contributed by atoms with Crippen LogP contribution in [0.4, 0.5) is 0 Å². The van der Waals surface area contributed by atoms with Crippen molar-refractivity contribution in [2.75, 3.05) is 0 Å². The lowest BCUT2D eigenvalue weighted by Gasteiger charge is -2.10. The summed E-state index contributed by atoms with van der Waals surface area (Å²) in [5.41, 5.74) is 4.09. The molecule has 0 saturated heterocycles. The van der Waals surface area contributed by atoms with Gasteiger partial charge in [-0.3, -0.25) is 0 Å². The fourth-order valence-corrected chi connectivity index (χ4v) is 1.07. The predicted molar refractivity (Wildman–Crippen MR) is 47.0 cm³/mol. The molecule has 0 fully saturated rings. The molecular weight excluding hydrogens is 160 g/mol. The van der Waals surface area contributed by atoms with Crippen molar-refractivity contribution in [3.05, 3.63) is 35.9 Å². The average Bonchev–Trinajstić information content (AvgIpc) is 2.07. The highest BCUT2D eigenvalue weighted by Crippen LogP contribution is 2.09. The summed E-state index contributed by atoms with van der Waals surface area (Å²) in [7, 11) is 0. The molecule has 0 aliphatic heterocycles. The van der Waals surface area contributed by atoms with E-state index in [1.807, 2.05) is 37.3 Å². The van der Waals surface area contributed by atoms with Gasteiger partial charge in [0.05, 0.1) is 0 Å². The lowest BCUT2D eigenvalue weighted by molar-refractivity contribution is 0.560. The zero-order valence-electron chi connectivity index (χ0n) is 6.34. The number of rotatable bonds is 3. The first kappa shape index (κ1) is 8.53. The average molecular weight is 171 g/mol. The van der Waals surface area contributed by atoms with E-state index >= 15 is 0 Å². The molecular formula is C8H11ClN2. The van der Waals surface area contributed by atoms with Gasteiger partial charge in [-0.15, -0.1) is 0 Å². The first-order valence-electron chi connectivity index (χ1n) is 3.50. The van der Waals surface area contributed by atoms with Crippen LogP contribution in [0.5, 0.6) is 0 Å². The van der Waals surface area contributed by atoms with E-state index < -0.39 is 0 Å². The third kappa shape index (κ3) is 2.50. The SMILES string of the molecule is C[C@H](NNCl)c1ccccc1. The summed E-state index contributed by atoms with van der Waals surface area (Å²) in [5.74, 6) is 0. The number of benzene rings is 1. The van der Waals surface area contributed by atoms with Crippen molar-refractivity contribution >= 4 is 11.8 Å². The van der Waals surface area contributed by atoms with Crippen molar-refractivity contribution in [3.8, 4) is 0 Å². The van der Waals surface area contributed by atoms with Gasteiger partial charge in [0, 0.05) is 6.04 Å². The summed E-state index contributed by atoms with van der Waals surface area (Å²) in [5, 5.41) is 0. The second kappa shape index (κ2) is 4.34. The number of hydrazine groups is 1. The van der Waals surface area contributed by atoms with Crippen LogP contribution in [-0.2, 0) is 0 Å². The van der Waals surface area contributed by atoms with E-state index in [1.54, 1.807) is 0 Å². The van der Waals surface area contributed by atoms with Gasteiger partial charge in [-0.1, -0.05) is 30.3 Å². The highest BCUT2D eigenvalue weighted by molar-refractivity contribution is 6.13. The first-order valence-corrected chi connectivity index (χ1v) is 3.88. The van der Waals surface area contributed by atoms with Gasteiger partial charge in [0.25, 0.3) is 0 Å². The Labute approximate surface area is 71.6 Å². The molecule has 1 aromatic rings. The summed E-state index contributed by atoms with van der Waals surface area (Å²) >= 11 is 5.29. The molecule has 0 unspecified atom stereocenters. The molecule has 0 amide bonds. The maximum atomic E-state index is 5.29. The maximum absolute atomic E-state index is 5.29. The summed E-state index contributed by atoms with van der Waals surface area (Å²) < 4.78 is 0. The Kier molecular flexibility index (Phi) is 3.36. The molecule has 0 aliphatic rings. The van der Waals surface area contributed by atoms with Crippen LogP contribution in [-0.4, -0.2) is 0 Å². The van der Waals surface area contributed by atoms with Crippen LogP contribution in [0.1, 0.15) is 18.5 Å². The van der Waals surface area contributed by atoms with Crippen molar-refractivity contribution in [3.63, 3.8) is 0 Å². The molecule has 1 aromatic carbocycles. The van der Waals surface area contributed by atoms with Gasteiger partial charge in [-0.2, -0.15) is 4.94 Å². The Hall–Kier alpha value is -0.570. The summed E-state index contributed by atoms with van der Waals surface area (Å²) in [6.07, 6.45) is 0. The molecule has 0 saturated carbocycles. The lowest BCUT2D eigenvalue weighted by atomic mass is 10.1. The molecule has 0 radical (unpaired) electrons. The minimum Gasteiger partial charge on any atom is -0.236 e. The second-order valence-electron chi connectivity index (χ2n) is 2.37. The van der Waals surface area contributed by atoms with E-state index in [4.69, 9.17) is 11.8 Å². The van der Waals surface area contributed by atoms with Crippen molar-refractivity contribution in [2.45, 2.75) is 13.0 Å². The van der Waals surface area contributed by atoms with Gasteiger partial charge in [0.15, 0.2) is 0 Å². The minimum atomic E-state index is 0.230. The molecule has 11 heavy (non-hydrogen) atoms. The Morgan fingerprint density at radius 2 is 1.91 bits per heavy atom. The van der Waals surface area contributed by atoms with Crippen LogP contribution in [0.25, 0.3) is 0 Å². The van der Waals surface area contributed by atoms with Crippen LogP contribution in [0.15, 0.2) is 30.3 Å². The molecule has 1 atom stereocenters. The first-order chi connectivity index (χ1) is 5.34. The van der Waals surface area contributed by atoms with Gasteiger partial charge in [0.1, 0.15) is 0 Å². The molecule has 60 valence electrons. The standard InChI is InChI=1S/C8H11ClN2/c1-7(10-11-9)8-5-3-2-4-6-8/h2-7,10-11H,1H3/t7-/m0/s1. The zero-order chi connectivity index (χ0) is 8.10. The van der Waals surface area contributed by atoms with Gasteiger partial charge in [-0.05, 0) is 24.3 Å². The number of halogens is 1. The molecule has 0 spiro atoms. The van der Waals surface area contributed by atoms with Gasteiger partial charge < -0.3 is 0 Å². The van der Waals surface area contributed by atoms with E-state index in [9.17, 15) is 0 Å². The van der Waals surface area contributed by atoms with Crippen LogP contribution < -0.4 is 10.4 Å². The molecule has 0 bridgehead atoms. The third-order valence-electron chi connectivity index (χ3n) is 1.57. The summed E-state index contributed by atoms with van der Waals surface area (Å²) in [4.78, 5) is 2.39. The van der Waals surface area contributed by atoms with Crippen molar-refractivity contribution in [1.29, 1.82) is 0 Å². The molecule has 3 heteroatoms. The fourth-order valence-electron chi connectivity index (χ4n) is 0.907. The van der Waals surface area contributed by atoms with E-state index in [1.165, 1.54) is 5.56 Å². The highest BCUT2D eigenvalue weighted by Gasteiger charge is 2.00. The van der Waals surface area contributed by atoms with Gasteiger partial charge in [-0.25, -0.2) is 5.43 Å². The second-order valence-corrected chi connectivity index (χ2v) is 2.56. The highest BCUT2D eigenvalue weighted by atomic mass is 35.5. The number of nitrogens with one attached hydrogen (secondary N) is 2. The fraction of sp³-hybridized carbons (Fsp3) is 0.250. The van der Waals surface area contributed by atoms with Crippen molar-refractivity contribution in [2.24, 2.45) is 0 Å². The predicted octanol–water partition coefficient (Wildman–Crippen LogP) is 2.00. The molecule has 0 heterocycles. The third-order valence-corrected chi connectivity index (χ3v) is 1.68. The Morgan fingerprint density at radius 1 is 1.27 bits per heavy atom. The topological polar surface area (TPSA) is 24.1 Å². The van der Waals surface area contributed by atoms with E-state index in [0.717, 1.165) is 0 Å². The molecule has 0 aliphatic carbocycles. The minimum absolute atomic E-state index is 0.230. The Balaban J connectivity index is 2.61. The number of hydrogen-bond donors (Lipinski definition) is 2. The molecule has 0 aromatic heterocycles. The zero-order valence-corrected chi connectivity index (χ0v) is 7.10. The van der Waals surface area contributed by atoms with Crippen LogP contribution in [0.2, 0.25) is 0 Å². The summed E-state index contributed by atoms with van der Waals surface area (Å²) in [6.45, 7) is 2.03.